The van der Waals surface area contributed by atoms with E-state index in [0.717, 1.165) is 5.56 Å². The monoisotopic (exact) mass is 334 g/mol. The van der Waals surface area contributed by atoms with E-state index in [9.17, 15) is 28.8 Å². The summed E-state index contributed by atoms with van der Waals surface area (Å²) in [5.74, 6) is 0. The molecule has 0 bridgehead atoms. The van der Waals surface area contributed by atoms with Gasteiger partial charge in [0.25, 0.3) is 10.1 Å². The smallest absolute Gasteiger partial charge is 0.297 e. The predicted molar refractivity (Wildman–Crippen MR) is 73.2 cm³/mol. The second-order valence-corrected chi connectivity index (χ2v) is 6.70. The third kappa shape index (κ3) is 3.63. The summed E-state index contributed by atoms with van der Waals surface area (Å²) in [4.78, 5) is -0.0652. The molecule has 8 nitrogen and oxygen atoms in total. The highest BCUT2D eigenvalue weighted by Gasteiger charge is 2.43. The molecule has 1 aromatic rings. The second kappa shape index (κ2) is 6.59. The van der Waals surface area contributed by atoms with Crippen molar-refractivity contribution in [1.82, 2.24) is 0 Å². The van der Waals surface area contributed by atoms with Gasteiger partial charge in [-0.3, -0.25) is 4.18 Å². The molecule has 1 aromatic carbocycles. The summed E-state index contributed by atoms with van der Waals surface area (Å²) >= 11 is 0. The van der Waals surface area contributed by atoms with Crippen molar-refractivity contribution < 1.29 is 37.8 Å². The van der Waals surface area contributed by atoms with Gasteiger partial charge in [0.15, 0.2) is 6.29 Å². The minimum absolute atomic E-state index is 0.0652. The fraction of sp³-hybridized carbons (Fsp3) is 0.538. The lowest BCUT2D eigenvalue weighted by molar-refractivity contribution is -0.285. The zero-order valence-corrected chi connectivity index (χ0v) is 12.5. The first kappa shape index (κ1) is 17.3. The molecule has 1 aliphatic rings. The van der Waals surface area contributed by atoms with Crippen molar-refractivity contribution in [2.24, 2.45) is 0 Å². The third-order valence-corrected chi connectivity index (χ3v) is 4.68. The molecule has 0 radical (unpaired) electrons. The van der Waals surface area contributed by atoms with E-state index in [-0.39, 0.29) is 4.90 Å². The van der Waals surface area contributed by atoms with E-state index in [1.54, 1.807) is 19.1 Å². The lowest BCUT2D eigenvalue weighted by Crippen LogP contribution is -2.58. The van der Waals surface area contributed by atoms with Crippen LogP contribution in [0.15, 0.2) is 29.2 Å². The van der Waals surface area contributed by atoms with Crippen molar-refractivity contribution in [3.05, 3.63) is 29.8 Å². The summed E-state index contributed by atoms with van der Waals surface area (Å²) in [5.41, 5.74) is 0.880. The highest BCUT2D eigenvalue weighted by Crippen LogP contribution is 2.21. The lowest BCUT2D eigenvalue weighted by atomic mass is 10.00. The molecule has 1 fully saturated rings. The van der Waals surface area contributed by atoms with Crippen LogP contribution in [0.5, 0.6) is 0 Å². The van der Waals surface area contributed by atoms with Crippen molar-refractivity contribution in [1.29, 1.82) is 0 Å². The fourth-order valence-electron chi connectivity index (χ4n) is 2.00. The number of aliphatic hydroxyl groups is 4. The maximum absolute atomic E-state index is 12.0. The van der Waals surface area contributed by atoms with Crippen LogP contribution in [0, 0.1) is 6.92 Å². The number of aliphatic hydroxyl groups excluding tert-OH is 4. The van der Waals surface area contributed by atoms with E-state index in [0.29, 0.717) is 0 Å². The topological polar surface area (TPSA) is 134 Å². The van der Waals surface area contributed by atoms with E-state index < -0.39 is 47.4 Å². The molecule has 1 saturated heterocycles. The summed E-state index contributed by atoms with van der Waals surface area (Å²) in [6, 6.07) is 5.95. The minimum Gasteiger partial charge on any atom is -0.387 e. The van der Waals surface area contributed by atoms with Gasteiger partial charge in [-0.05, 0) is 19.1 Å². The van der Waals surface area contributed by atoms with Gasteiger partial charge < -0.3 is 25.2 Å². The Balaban J connectivity index is 2.04. The van der Waals surface area contributed by atoms with Gasteiger partial charge in [0.2, 0.25) is 0 Å². The standard InChI is InChI=1S/C13H18O8S/c1-7-2-4-8(5-3-7)22(18,19)20-6-9-10(14)11(15)12(16)13(17)21-9/h2-5,9-17H,6H2,1H3/t9?,10-,11+,12?,13+/m1/s1. The molecule has 0 aliphatic carbocycles. The van der Waals surface area contributed by atoms with E-state index in [1.165, 1.54) is 12.1 Å². The summed E-state index contributed by atoms with van der Waals surface area (Å²) < 4.78 is 33.6. The Kier molecular flexibility index (Phi) is 5.17. The molecule has 4 N–H and O–H groups in total. The van der Waals surface area contributed by atoms with Crippen LogP contribution in [0.3, 0.4) is 0 Å². The third-order valence-electron chi connectivity index (χ3n) is 3.38. The molecule has 1 aliphatic heterocycles. The second-order valence-electron chi connectivity index (χ2n) is 5.09. The first-order valence-corrected chi connectivity index (χ1v) is 7.97. The Labute approximate surface area is 127 Å². The Morgan fingerprint density at radius 1 is 1.05 bits per heavy atom. The van der Waals surface area contributed by atoms with Crippen LogP contribution < -0.4 is 0 Å². The first-order chi connectivity index (χ1) is 10.2. The molecule has 2 rings (SSSR count). The SMILES string of the molecule is Cc1ccc(S(=O)(=O)OCC2O[C@H](O)C(O)[C@@H](O)[C@@H]2O)cc1. The Hall–Kier alpha value is -1.07. The summed E-state index contributed by atoms with van der Waals surface area (Å²) in [5, 5.41) is 37.9. The van der Waals surface area contributed by atoms with Gasteiger partial charge in [0.05, 0.1) is 11.5 Å². The van der Waals surface area contributed by atoms with Gasteiger partial charge in [0.1, 0.15) is 24.4 Å². The molecular weight excluding hydrogens is 316 g/mol. The van der Waals surface area contributed by atoms with E-state index in [4.69, 9.17) is 8.92 Å². The van der Waals surface area contributed by atoms with Gasteiger partial charge in [-0.25, -0.2) is 0 Å². The van der Waals surface area contributed by atoms with E-state index in [2.05, 4.69) is 0 Å². The van der Waals surface area contributed by atoms with Gasteiger partial charge in [-0.2, -0.15) is 8.42 Å². The molecule has 0 saturated carbocycles. The number of hydrogen-bond donors (Lipinski definition) is 4. The summed E-state index contributed by atoms with van der Waals surface area (Å²) in [6.07, 6.45) is -7.98. The van der Waals surface area contributed by atoms with Crippen LogP contribution in [0.1, 0.15) is 5.56 Å². The van der Waals surface area contributed by atoms with Crippen LogP contribution in [-0.2, 0) is 19.0 Å². The normalized spacial score (nSPS) is 32.9. The van der Waals surface area contributed by atoms with E-state index in [1.807, 2.05) is 0 Å². The van der Waals surface area contributed by atoms with Crippen molar-refractivity contribution in [3.8, 4) is 0 Å². The quantitative estimate of drug-likeness (QED) is 0.489. The average molecular weight is 334 g/mol. The highest BCUT2D eigenvalue weighted by atomic mass is 32.2. The highest BCUT2D eigenvalue weighted by molar-refractivity contribution is 7.86. The molecule has 0 aromatic heterocycles. The molecule has 1 heterocycles. The molecular formula is C13H18O8S. The van der Waals surface area contributed by atoms with Crippen molar-refractivity contribution in [2.45, 2.75) is 42.5 Å². The summed E-state index contributed by atoms with van der Waals surface area (Å²) in [6.45, 7) is 1.19. The molecule has 124 valence electrons. The number of ether oxygens (including phenoxy) is 1. The van der Waals surface area contributed by atoms with Gasteiger partial charge in [-0.15, -0.1) is 0 Å². The number of hydrogen-bond acceptors (Lipinski definition) is 8. The number of rotatable bonds is 4. The minimum atomic E-state index is -4.07. The van der Waals surface area contributed by atoms with Crippen LogP contribution in [-0.4, -0.2) is 66.2 Å². The molecule has 0 amide bonds. The first-order valence-electron chi connectivity index (χ1n) is 6.56. The van der Waals surface area contributed by atoms with Crippen LogP contribution in [0.25, 0.3) is 0 Å². The van der Waals surface area contributed by atoms with Crippen LogP contribution in [0.2, 0.25) is 0 Å². The molecule has 0 spiro atoms. The number of aryl methyl sites for hydroxylation is 1. The molecule has 5 atom stereocenters. The maximum Gasteiger partial charge on any atom is 0.297 e. The fourth-order valence-corrected chi connectivity index (χ4v) is 2.92. The van der Waals surface area contributed by atoms with Crippen molar-refractivity contribution in [2.75, 3.05) is 6.61 Å². The van der Waals surface area contributed by atoms with Gasteiger partial charge in [-0.1, -0.05) is 17.7 Å². The zero-order chi connectivity index (χ0) is 16.5. The van der Waals surface area contributed by atoms with Gasteiger partial charge >= 0.3 is 0 Å². The molecule has 9 heteroatoms. The molecule has 2 unspecified atom stereocenters. The molecule has 22 heavy (non-hydrogen) atoms. The van der Waals surface area contributed by atoms with Crippen LogP contribution >= 0.6 is 0 Å². The average Bonchev–Trinajstić information content (AvgIpc) is 2.48. The zero-order valence-electron chi connectivity index (χ0n) is 11.7. The van der Waals surface area contributed by atoms with Crippen LogP contribution in [0.4, 0.5) is 0 Å². The lowest BCUT2D eigenvalue weighted by Gasteiger charge is -2.37. The largest absolute Gasteiger partial charge is 0.387 e. The summed E-state index contributed by atoms with van der Waals surface area (Å²) in [7, 11) is -4.07. The Morgan fingerprint density at radius 2 is 1.64 bits per heavy atom. The van der Waals surface area contributed by atoms with Crippen molar-refractivity contribution >= 4 is 10.1 Å². The van der Waals surface area contributed by atoms with E-state index >= 15 is 0 Å². The maximum atomic E-state index is 12.0. The Morgan fingerprint density at radius 3 is 2.23 bits per heavy atom. The predicted octanol–water partition coefficient (Wildman–Crippen LogP) is -1.50. The van der Waals surface area contributed by atoms with Crippen molar-refractivity contribution in [3.63, 3.8) is 0 Å². The Bertz CT molecular complexity index is 599. The van der Waals surface area contributed by atoms with Gasteiger partial charge in [0, 0.05) is 0 Å². The number of benzene rings is 1.